The number of carbonyl (C=O) groups is 1. The summed E-state index contributed by atoms with van der Waals surface area (Å²) in [6, 6.07) is 0.000000000000000444. The fraction of sp³-hybridized carbons (Fsp3) is 0.800. The molecule has 4 heteroatoms. The fourth-order valence-corrected chi connectivity index (χ4v) is 0.839. The van der Waals surface area contributed by atoms with Gasteiger partial charge in [0.25, 0.3) is 0 Å². The molecule has 0 atom stereocenters. The molecule has 1 fully saturated rings. The molecule has 1 heterocycles. The van der Waals surface area contributed by atoms with Crippen molar-refractivity contribution >= 4 is 6.03 Å². The predicted molar refractivity (Wildman–Crippen MR) is 34.0 cm³/mol. The summed E-state index contributed by atoms with van der Waals surface area (Å²) in [5.74, 6) is 0. The van der Waals surface area contributed by atoms with Crippen LogP contribution in [0.4, 0.5) is 4.79 Å². The molecule has 0 radical (unpaired) electrons. The molecule has 2 N–H and O–H groups in total. The molecule has 0 aromatic rings. The quantitative estimate of drug-likeness (QED) is 0.449. The third-order valence-electron chi connectivity index (χ3n) is 1.36. The summed E-state index contributed by atoms with van der Waals surface area (Å²) in [4.78, 5) is 12.5. The molecule has 1 aliphatic rings. The Morgan fingerprint density at radius 3 is 3.00 bits per heavy atom. The Labute approximate surface area is 54.2 Å². The van der Waals surface area contributed by atoms with Gasteiger partial charge in [0.2, 0.25) is 0 Å². The molecule has 1 rings (SSSR count). The Kier molecular flexibility index (Phi) is 1.89. The van der Waals surface area contributed by atoms with Crippen LogP contribution in [-0.2, 0) is 0 Å². The van der Waals surface area contributed by atoms with E-state index >= 15 is 0 Å². The lowest BCUT2D eigenvalue weighted by molar-refractivity contribution is 0.210. The van der Waals surface area contributed by atoms with Crippen LogP contribution in [0.25, 0.3) is 0 Å². The van der Waals surface area contributed by atoms with Crippen LogP contribution >= 0.6 is 0 Å². The summed E-state index contributed by atoms with van der Waals surface area (Å²) in [6.07, 6.45) is 0. The van der Waals surface area contributed by atoms with Crippen molar-refractivity contribution < 1.29 is 4.79 Å². The SMILES string of the molecule is CNC(=O)N1CCNC1. The van der Waals surface area contributed by atoms with Crippen LogP contribution in [0.5, 0.6) is 0 Å². The minimum Gasteiger partial charge on any atom is -0.341 e. The Morgan fingerprint density at radius 1 is 1.78 bits per heavy atom. The second kappa shape index (κ2) is 2.68. The molecular formula is C5H11N3O. The average Bonchev–Trinajstić information content (AvgIpc) is 2.37. The maximum Gasteiger partial charge on any atom is 0.318 e. The Balaban J connectivity index is 2.32. The molecule has 0 aromatic heterocycles. The fourth-order valence-electron chi connectivity index (χ4n) is 0.839. The summed E-state index contributed by atoms with van der Waals surface area (Å²) >= 11 is 0. The Hall–Kier alpha value is -0.770. The van der Waals surface area contributed by atoms with E-state index in [-0.39, 0.29) is 6.03 Å². The molecule has 9 heavy (non-hydrogen) atoms. The third kappa shape index (κ3) is 1.32. The van der Waals surface area contributed by atoms with E-state index in [9.17, 15) is 4.79 Å². The minimum absolute atomic E-state index is 0.000000000000000444. The van der Waals surface area contributed by atoms with Crippen LogP contribution in [0.1, 0.15) is 0 Å². The van der Waals surface area contributed by atoms with Gasteiger partial charge in [-0.2, -0.15) is 0 Å². The first-order valence-corrected chi connectivity index (χ1v) is 3.02. The summed E-state index contributed by atoms with van der Waals surface area (Å²) < 4.78 is 0. The highest BCUT2D eigenvalue weighted by atomic mass is 16.2. The van der Waals surface area contributed by atoms with Crippen molar-refractivity contribution in [3.8, 4) is 0 Å². The van der Waals surface area contributed by atoms with Crippen LogP contribution in [0.15, 0.2) is 0 Å². The topological polar surface area (TPSA) is 44.4 Å². The summed E-state index contributed by atoms with van der Waals surface area (Å²) in [7, 11) is 1.64. The highest BCUT2D eigenvalue weighted by molar-refractivity contribution is 5.73. The monoisotopic (exact) mass is 129 g/mol. The number of rotatable bonds is 0. The molecule has 1 saturated heterocycles. The number of hydrogen-bond donors (Lipinski definition) is 2. The van der Waals surface area contributed by atoms with Gasteiger partial charge >= 0.3 is 6.03 Å². The van der Waals surface area contributed by atoms with E-state index < -0.39 is 0 Å². The first kappa shape index (κ1) is 6.35. The third-order valence-corrected chi connectivity index (χ3v) is 1.36. The van der Waals surface area contributed by atoms with Crippen molar-refractivity contribution in [3.63, 3.8) is 0 Å². The van der Waals surface area contributed by atoms with Crippen molar-refractivity contribution in [3.05, 3.63) is 0 Å². The van der Waals surface area contributed by atoms with Gasteiger partial charge in [-0.25, -0.2) is 4.79 Å². The molecule has 0 unspecified atom stereocenters. The molecular weight excluding hydrogens is 118 g/mol. The van der Waals surface area contributed by atoms with E-state index in [1.807, 2.05) is 0 Å². The van der Waals surface area contributed by atoms with Crippen molar-refractivity contribution in [2.75, 3.05) is 26.8 Å². The summed E-state index contributed by atoms with van der Waals surface area (Å²) in [5, 5.41) is 5.61. The zero-order valence-corrected chi connectivity index (χ0v) is 5.48. The maximum absolute atomic E-state index is 10.8. The molecule has 1 aliphatic heterocycles. The van der Waals surface area contributed by atoms with Crippen molar-refractivity contribution in [1.82, 2.24) is 15.5 Å². The van der Waals surface area contributed by atoms with Gasteiger partial charge in [-0.15, -0.1) is 0 Å². The second-order valence-electron chi connectivity index (χ2n) is 1.98. The molecule has 0 aromatic carbocycles. The zero-order valence-electron chi connectivity index (χ0n) is 5.48. The van der Waals surface area contributed by atoms with Crippen molar-refractivity contribution in [2.45, 2.75) is 0 Å². The number of urea groups is 1. The van der Waals surface area contributed by atoms with E-state index in [0.717, 1.165) is 13.1 Å². The smallest absolute Gasteiger partial charge is 0.318 e. The number of nitrogens with one attached hydrogen (secondary N) is 2. The van der Waals surface area contributed by atoms with Gasteiger partial charge in [0.1, 0.15) is 0 Å². The van der Waals surface area contributed by atoms with Crippen LogP contribution in [0, 0.1) is 0 Å². The van der Waals surface area contributed by atoms with Gasteiger partial charge in [-0.05, 0) is 0 Å². The molecule has 2 amide bonds. The predicted octanol–water partition coefficient (Wildman–Crippen LogP) is -0.811. The number of amides is 2. The van der Waals surface area contributed by atoms with Crippen LogP contribution < -0.4 is 10.6 Å². The molecule has 0 bridgehead atoms. The van der Waals surface area contributed by atoms with Crippen molar-refractivity contribution in [2.24, 2.45) is 0 Å². The lowest BCUT2D eigenvalue weighted by Gasteiger charge is -2.12. The lowest BCUT2D eigenvalue weighted by atomic mass is 10.6. The second-order valence-corrected chi connectivity index (χ2v) is 1.98. The average molecular weight is 129 g/mol. The van der Waals surface area contributed by atoms with Gasteiger partial charge in [0.05, 0.1) is 6.67 Å². The highest BCUT2D eigenvalue weighted by Crippen LogP contribution is 1.90. The van der Waals surface area contributed by atoms with Crippen LogP contribution in [-0.4, -0.2) is 37.7 Å². The molecule has 52 valence electrons. The van der Waals surface area contributed by atoms with Gasteiger partial charge in [0, 0.05) is 20.1 Å². The molecule has 0 spiro atoms. The van der Waals surface area contributed by atoms with E-state index in [0.29, 0.717) is 6.67 Å². The van der Waals surface area contributed by atoms with E-state index in [2.05, 4.69) is 10.6 Å². The molecule has 4 nitrogen and oxygen atoms in total. The summed E-state index contributed by atoms with van der Waals surface area (Å²) in [5.41, 5.74) is 0. The van der Waals surface area contributed by atoms with Gasteiger partial charge in [-0.1, -0.05) is 0 Å². The van der Waals surface area contributed by atoms with E-state index in [4.69, 9.17) is 0 Å². The Bertz CT molecular complexity index is 109. The summed E-state index contributed by atoms with van der Waals surface area (Å²) in [6.45, 7) is 2.41. The molecule has 0 saturated carbocycles. The zero-order chi connectivity index (χ0) is 6.69. The van der Waals surface area contributed by atoms with E-state index in [1.54, 1.807) is 11.9 Å². The van der Waals surface area contributed by atoms with Gasteiger partial charge < -0.3 is 10.2 Å². The number of hydrogen-bond acceptors (Lipinski definition) is 2. The Morgan fingerprint density at radius 2 is 2.56 bits per heavy atom. The van der Waals surface area contributed by atoms with Gasteiger partial charge in [0.15, 0.2) is 0 Å². The standard InChI is InChI=1S/C5H11N3O/c1-6-5(9)8-3-2-7-4-8/h7H,2-4H2,1H3,(H,6,9). The minimum atomic E-state index is 0.000000000000000444. The largest absolute Gasteiger partial charge is 0.341 e. The highest BCUT2D eigenvalue weighted by Gasteiger charge is 2.14. The first-order chi connectivity index (χ1) is 4.34. The van der Waals surface area contributed by atoms with E-state index in [1.165, 1.54) is 0 Å². The normalized spacial score (nSPS) is 18.1. The van der Waals surface area contributed by atoms with Crippen LogP contribution in [0.2, 0.25) is 0 Å². The lowest BCUT2D eigenvalue weighted by Crippen LogP contribution is -2.36. The van der Waals surface area contributed by atoms with Crippen molar-refractivity contribution in [1.29, 1.82) is 0 Å². The van der Waals surface area contributed by atoms with Crippen LogP contribution in [0.3, 0.4) is 0 Å². The molecule has 0 aliphatic carbocycles. The number of carbonyl (C=O) groups excluding carboxylic acids is 1. The first-order valence-electron chi connectivity index (χ1n) is 3.02. The number of nitrogens with zero attached hydrogens (tertiary/aromatic N) is 1. The maximum atomic E-state index is 10.8. The van der Waals surface area contributed by atoms with Gasteiger partial charge in [-0.3, -0.25) is 5.32 Å².